The normalized spacial score (nSPS) is 12.6. The van der Waals surface area contributed by atoms with E-state index in [1.165, 1.54) is 11.8 Å². The van der Waals surface area contributed by atoms with Gasteiger partial charge in [0.25, 0.3) is 0 Å². The van der Waals surface area contributed by atoms with Crippen LogP contribution in [0.2, 0.25) is 0 Å². The van der Waals surface area contributed by atoms with Crippen LogP contribution in [0.5, 0.6) is 17.2 Å². The third-order valence-electron chi connectivity index (χ3n) is 3.90. The Morgan fingerprint density at radius 2 is 1.92 bits per heavy atom. The smallest absolute Gasteiger partial charge is 0.232 e. The molecule has 6 heteroatoms. The summed E-state index contributed by atoms with van der Waals surface area (Å²) < 4.78 is 16.4. The average molecular weight is 359 g/mol. The summed E-state index contributed by atoms with van der Waals surface area (Å²) >= 11 is 1.49. The van der Waals surface area contributed by atoms with Crippen molar-refractivity contribution in [2.75, 3.05) is 33.1 Å². The SMILES string of the molecule is COc1ccccc1CN(C)C(=O)CSc1ccc2c(c1)OCCO2. The highest BCUT2D eigenvalue weighted by Gasteiger charge is 2.15. The number of hydrogen-bond acceptors (Lipinski definition) is 5. The summed E-state index contributed by atoms with van der Waals surface area (Å²) in [6.07, 6.45) is 0. The number of rotatable bonds is 6. The van der Waals surface area contributed by atoms with E-state index in [-0.39, 0.29) is 5.91 Å². The van der Waals surface area contributed by atoms with Crippen molar-refractivity contribution in [1.82, 2.24) is 4.90 Å². The van der Waals surface area contributed by atoms with E-state index in [4.69, 9.17) is 14.2 Å². The highest BCUT2D eigenvalue weighted by molar-refractivity contribution is 8.00. The van der Waals surface area contributed by atoms with E-state index in [1.54, 1.807) is 19.1 Å². The summed E-state index contributed by atoms with van der Waals surface area (Å²) in [5, 5.41) is 0. The predicted molar refractivity (Wildman–Crippen MR) is 97.6 cm³/mol. The van der Waals surface area contributed by atoms with Crippen molar-refractivity contribution in [1.29, 1.82) is 0 Å². The van der Waals surface area contributed by atoms with E-state index in [0.29, 0.717) is 25.5 Å². The summed E-state index contributed by atoms with van der Waals surface area (Å²) in [6.45, 7) is 1.65. The molecule has 0 aliphatic carbocycles. The van der Waals surface area contributed by atoms with Gasteiger partial charge in [0, 0.05) is 24.1 Å². The number of ether oxygens (including phenoxy) is 3. The molecular formula is C19H21NO4S. The van der Waals surface area contributed by atoms with Crippen LogP contribution in [0.15, 0.2) is 47.4 Å². The minimum Gasteiger partial charge on any atom is -0.496 e. The Kier molecular flexibility index (Phi) is 5.71. The molecule has 0 N–H and O–H groups in total. The van der Waals surface area contributed by atoms with Gasteiger partial charge in [0.2, 0.25) is 5.91 Å². The molecular weight excluding hydrogens is 338 g/mol. The van der Waals surface area contributed by atoms with Crippen molar-refractivity contribution in [2.45, 2.75) is 11.4 Å². The monoisotopic (exact) mass is 359 g/mol. The molecule has 0 aromatic heterocycles. The summed E-state index contributed by atoms with van der Waals surface area (Å²) in [6, 6.07) is 13.5. The van der Waals surface area contributed by atoms with Gasteiger partial charge >= 0.3 is 0 Å². The van der Waals surface area contributed by atoms with Gasteiger partial charge in [-0.05, 0) is 24.3 Å². The third-order valence-corrected chi connectivity index (χ3v) is 4.88. The van der Waals surface area contributed by atoms with Crippen LogP contribution in [0.3, 0.4) is 0 Å². The van der Waals surface area contributed by atoms with E-state index in [1.807, 2.05) is 42.5 Å². The first-order valence-electron chi connectivity index (χ1n) is 8.05. The number of methoxy groups -OCH3 is 1. The zero-order valence-corrected chi connectivity index (χ0v) is 15.2. The van der Waals surface area contributed by atoms with Gasteiger partial charge in [-0.15, -0.1) is 11.8 Å². The van der Waals surface area contributed by atoms with Crippen molar-refractivity contribution in [3.63, 3.8) is 0 Å². The minimum atomic E-state index is 0.0609. The summed E-state index contributed by atoms with van der Waals surface area (Å²) in [5.74, 6) is 2.72. The van der Waals surface area contributed by atoms with Crippen molar-refractivity contribution >= 4 is 17.7 Å². The number of para-hydroxylation sites is 1. The fourth-order valence-corrected chi connectivity index (χ4v) is 3.41. The van der Waals surface area contributed by atoms with Gasteiger partial charge in [0.05, 0.1) is 12.9 Å². The van der Waals surface area contributed by atoms with Gasteiger partial charge in [0.1, 0.15) is 19.0 Å². The molecule has 1 aliphatic heterocycles. The van der Waals surface area contributed by atoms with Crippen LogP contribution in [0.25, 0.3) is 0 Å². The Bertz CT molecular complexity index is 750. The highest BCUT2D eigenvalue weighted by Crippen LogP contribution is 2.34. The second-order valence-electron chi connectivity index (χ2n) is 5.66. The first-order chi connectivity index (χ1) is 12.2. The van der Waals surface area contributed by atoms with Gasteiger partial charge < -0.3 is 19.1 Å². The molecule has 132 valence electrons. The molecule has 0 unspecified atom stereocenters. The lowest BCUT2D eigenvalue weighted by Crippen LogP contribution is -2.28. The lowest BCUT2D eigenvalue weighted by Gasteiger charge is -2.20. The molecule has 1 amide bonds. The quantitative estimate of drug-likeness (QED) is 0.741. The topological polar surface area (TPSA) is 48.0 Å². The van der Waals surface area contributed by atoms with Crippen LogP contribution in [0.1, 0.15) is 5.56 Å². The van der Waals surface area contributed by atoms with E-state index in [0.717, 1.165) is 27.7 Å². The van der Waals surface area contributed by atoms with Crippen LogP contribution >= 0.6 is 11.8 Å². The largest absolute Gasteiger partial charge is 0.496 e. The molecule has 0 saturated heterocycles. The molecule has 1 heterocycles. The molecule has 0 bridgehead atoms. The summed E-state index contributed by atoms with van der Waals surface area (Å²) in [7, 11) is 3.44. The van der Waals surface area contributed by atoms with E-state index in [9.17, 15) is 4.79 Å². The molecule has 3 rings (SSSR count). The van der Waals surface area contributed by atoms with Gasteiger partial charge in [-0.3, -0.25) is 4.79 Å². The Hall–Kier alpha value is -2.34. The fourth-order valence-electron chi connectivity index (χ4n) is 2.55. The molecule has 0 radical (unpaired) electrons. The van der Waals surface area contributed by atoms with Crippen molar-refractivity contribution in [3.8, 4) is 17.2 Å². The summed E-state index contributed by atoms with van der Waals surface area (Å²) in [5.41, 5.74) is 0.991. The Balaban J connectivity index is 1.57. The number of carbonyl (C=O) groups excluding carboxylic acids is 1. The van der Waals surface area contributed by atoms with Gasteiger partial charge in [-0.2, -0.15) is 0 Å². The molecule has 2 aromatic carbocycles. The highest BCUT2D eigenvalue weighted by atomic mass is 32.2. The van der Waals surface area contributed by atoms with Crippen LogP contribution in [0, 0.1) is 0 Å². The number of nitrogens with zero attached hydrogens (tertiary/aromatic N) is 1. The predicted octanol–water partition coefficient (Wildman–Crippen LogP) is 3.22. The maximum absolute atomic E-state index is 12.4. The average Bonchev–Trinajstić information content (AvgIpc) is 2.66. The standard InChI is InChI=1S/C19H21NO4S/c1-20(12-14-5-3-4-6-16(14)22-2)19(21)13-25-15-7-8-17-18(11-15)24-10-9-23-17/h3-8,11H,9-10,12-13H2,1-2H3. The van der Waals surface area contributed by atoms with Gasteiger partial charge in [-0.25, -0.2) is 0 Å². The van der Waals surface area contributed by atoms with Crippen molar-refractivity contribution in [2.24, 2.45) is 0 Å². The fraction of sp³-hybridized carbons (Fsp3) is 0.316. The van der Waals surface area contributed by atoms with Crippen molar-refractivity contribution < 1.29 is 19.0 Å². The number of fused-ring (bicyclic) bond motifs is 1. The second-order valence-corrected chi connectivity index (χ2v) is 6.70. The first-order valence-corrected chi connectivity index (χ1v) is 9.04. The molecule has 0 saturated carbocycles. The third kappa shape index (κ3) is 4.39. The molecule has 1 aliphatic rings. The number of benzene rings is 2. The summed E-state index contributed by atoms with van der Waals surface area (Å²) in [4.78, 5) is 15.1. The maximum Gasteiger partial charge on any atom is 0.232 e. The molecule has 25 heavy (non-hydrogen) atoms. The lowest BCUT2D eigenvalue weighted by molar-refractivity contribution is -0.127. The Labute approximate surface area is 151 Å². The number of amides is 1. The Morgan fingerprint density at radius 3 is 2.72 bits per heavy atom. The molecule has 0 atom stereocenters. The zero-order valence-electron chi connectivity index (χ0n) is 14.4. The Morgan fingerprint density at radius 1 is 1.16 bits per heavy atom. The number of carbonyl (C=O) groups is 1. The molecule has 0 fully saturated rings. The zero-order chi connectivity index (χ0) is 17.6. The first kappa shape index (κ1) is 17.5. The maximum atomic E-state index is 12.4. The molecule has 2 aromatic rings. The molecule has 5 nitrogen and oxygen atoms in total. The van der Waals surface area contributed by atoms with E-state index >= 15 is 0 Å². The van der Waals surface area contributed by atoms with E-state index < -0.39 is 0 Å². The second kappa shape index (κ2) is 8.16. The van der Waals surface area contributed by atoms with Crippen molar-refractivity contribution in [3.05, 3.63) is 48.0 Å². The number of hydrogen-bond donors (Lipinski definition) is 0. The van der Waals surface area contributed by atoms with Crippen LogP contribution in [0.4, 0.5) is 0 Å². The van der Waals surface area contributed by atoms with E-state index in [2.05, 4.69) is 0 Å². The number of thioether (sulfide) groups is 1. The van der Waals surface area contributed by atoms with Crippen LogP contribution in [-0.4, -0.2) is 43.9 Å². The molecule has 0 spiro atoms. The lowest BCUT2D eigenvalue weighted by atomic mass is 10.2. The minimum absolute atomic E-state index is 0.0609. The van der Waals surface area contributed by atoms with Crippen LogP contribution < -0.4 is 14.2 Å². The van der Waals surface area contributed by atoms with Crippen LogP contribution in [-0.2, 0) is 11.3 Å². The van der Waals surface area contributed by atoms with Gasteiger partial charge in [-0.1, -0.05) is 18.2 Å². The van der Waals surface area contributed by atoms with Gasteiger partial charge in [0.15, 0.2) is 11.5 Å².